The van der Waals surface area contributed by atoms with Crippen LogP contribution in [0.3, 0.4) is 0 Å². The Kier molecular flexibility index (Phi) is 3.94. The van der Waals surface area contributed by atoms with Crippen LogP contribution in [0.4, 0.5) is 24.5 Å². The molecule has 0 aliphatic rings. The largest absolute Gasteiger partial charge is 0.399 e. The minimum atomic E-state index is -0.739. The van der Waals surface area contributed by atoms with E-state index >= 15 is 0 Å². The average Bonchev–Trinajstić information content (AvgIpc) is 2.32. The predicted octanol–water partition coefficient (Wildman–Crippen LogP) is 3.34. The molecule has 3 N–H and O–H groups in total. The zero-order chi connectivity index (χ0) is 13.8. The number of hydrogen-bond donors (Lipinski definition) is 2. The van der Waals surface area contributed by atoms with Crippen LogP contribution >= 0.6 is 0 Å². The molecule has 2 aromatic carbocycles. The molecule has 0 radical (unpaired) electrons. The van der Waals surface area contributed by atoms with Gasteiger partial charge in [-0.15, -0.1) is 0 Å². The number of anilines is 2. The van der Waals surface area contributed by atoms with E-state index in [0.29, 0.717) is 13.0 Å². The van der Waals surface area contributed by atoms with Crippen molar-refractivity contribution >= 4 is 11.4 Å². The minimum Gasteiger partial charge on any atom is -0.399 e. The average molecular weight is 266 g/mol. The van der Waals surface area contributed by atoms with Gasteiger partial charge in [0.1, 0.15) is 11.5 Å². The van der Waals surface area contributed by atoms with Crippen molar-refractivity contribution in [1.29, 1.82) is 0 Å². The number of nitrogens with two attached hydrogens (primary N) is 1. The lowest BCUT2D eigenvalue weighted by molar-refractivity contribution is 0.589. The monoisotopic (exact) mass is 266 g/mol. The van der Waals surface area contributed by atoms with Gasteiger partial charge in [0.25, 0.3) is 0 Å². The summed E-state index contributed by atoms with van der Waals surface area (Å²) in [6.45, 7) is 0.293. The molecule has 0 amide bonds. The molecule has 0 bridgehead atoms. The summed E-state index contributed by atoms with van der Waals surface area (Å²) in [4.78, 5) is 0. The summed E-state index contributed by atoms with van der Waals surface area (Å²) in [6, 6.07) is 8.17. The topological polar surface area (TPSA) is 38.0 Å². The smallest absolute Gasteiger partial charge is 0.151 e. The Labute approximate surface area is 109 Å². The standard InChI is InChI=1S/C14H13F3N2/c15-10-3-1-2-9(6-10)4-5-19-14-12(16)7-11(18)8-13(14)17/h1-3,6-8,19H,4-5,18H2. The van der Waals surface area contributed by atoms with Crippen LogP contribution in [0.15, 0.2) is 36.4 Å². The van der Waals surface area contributed by atoms with Crippen LogP contribution in [0.25, 0.3) is 0 Å². The van der Waals surface area contributed by atoms with Crippen molar-refractivity contribution in [2.75, 3.05) is 17.6 Å². The second-order valence-corrected chi connectivity index (χ2v) is 4.17. The van der Waals surface area contributed by atoms with Crippen molar-refractivity contribution in [2.24, 2.45) is 0 Å². The summed E-state index contributed by atoms with van der Waals surface area (Å²) in [5.74, 6) is -1.81. The first-order valence-corrected chi connectivity index (χ1v) is 5.79. The van der Waals surface area contributed by atoms with Crippen LogP contribution in [0.2, 0.25) is 0 Å². The lowest BCUT2D eigenvalue weighted by Gasteiger charge is -2.09. The van der Waals surface area contributed by atoms with Gasteiger partial charge < -0.3 is 11.1 Å². The number of rotatable bonds is 4. The third-order valence-electron chi connectivity index (χ3n) is 2.67. The van der Waals surface area contributed by atoms with E-state index in [4.69, 9.17) is 5.73 Å². The van der Waals surface area contributed by atoms with Gasteiger partial charge in [0.15, 0.2) is 11.6 Å². The van der Waals surface area contributed by atoms with Crippen LogP contribution in [-0.2, 0) is 6.42 Å². The SMILES string of the molecule is Nc1cc(F)c(NCCc2cccc(F)c2)c(F)c1. The quantitative estimate of drug-likeness (QED) is 0.833. The fourth-order valence-electron chi connectivity index (χ4n) is 1.79. The van der Waals surface area contributed by atoms with Gasteiger partial charge in [0, 0.05) is 12.2 Å². The van der Waals surface area contributed by atoms with Crippen LogP contribution < -0.4 is 11.1 Å². The maximum absolute atomic E-state index is 13.5. The molecule has 2 nitrogen and oxygen atoms in total. The highest BCUT2D eigenvalue weighted by molar-refractivity contribution is 5.54. The highest BCUT2D eigenvalue weighted by atomic mass is 19.1. The third-order valence-corrected chi connectivity index (χ3v) is 2.67. The first kappa shape index (κ1) is 13.3. The molecule has 0 aliphatic heterocycles. The predicted molar refractivity (Wildman–Crippen MR) is 69.4 cm³/mol. The van der Waals surface area contributed by atoms with Gasteiger partial charge in [-0.3, -0.25) is 0 Å². The van der Waals surface area contributed by atoms with Crippen molar-refractivity contribution in [3.63, 3.8) is 0 Å². The zero-order valence-electron chi connectivity index (χ0n) is 10.1. The molecular weight excluding hydrogens is 253 g/mol. The van der Waals surface area contributed by atoms with E-state index in [1.165, 1.54) is 12.1 Å². The van der Waals surface area contributed by atoms with Gasteiger partial charge in [-0.05, 0) is 36.2 Å². The number of hydrogen-bond acceptors (Lipinski definition) is 2. The number of nitrogen functional groups attached to an aromatic ring is 1. The van der Waals surface area contributed by atoms with Crippen molar-refractivity contribution in [1.82, 2.24) is 0 Å². The molecule has 0 heterocycles. The van der Waals surface area contributed by atoms with Gasteiger partial charge in [0.05, 0.1) is 0 Å². The fraction of sp³-hybridized carbons (Fsp3) is 0.143. The Hall–Kier alpha value is -2.17. The van der Waals surface area contributed by atoms with Crippen LogP contribution in [0.5, 0.6) is 0 Å². The second-order valence-electron chi connectivity index (χ2n) is 4.17. The summed E-state index contributed by atoms with van der Waals surface area (Å²) >= 11 is 0. The first-order chi connectivity index (χ1) is 9.06. The van der Waals surface area contributed by atoms with Crippen LogP contribution in [0, 0.1) is 17.5 Å². The lowest BCUT2D eigenvalue weighted by atomic mass is 10.1. The zero-order valence-corrected chi connectivity index (χ0v) is 10.1. The van der Waals surface area contributed by atoms with Gasteiger partial charge in [-0.1, -0.05) is 12.1 Å². The molecule has 0 unspecified atom stereocenters. The Balaban J connectivity index is 2.00. The van der Waals surface area contributed by atoms with E-state index in [-0.39, 0.29) is 17.2 Å². The molecule has 0 atom stereocenters. The second kappa shape index (κ2) is 5.65. The number of halogens is 3. The summed E-state index contributed by atoms with van der Waals surface area (Å²) in [5, 5.41) is 2.65. The first-order valence-electron chi connectivity index (χ1n) is 5.79. The summed E-state index contributed by atoms with van der Waals surface area (Å²) < 4.78 is 39.9. The lowest BCUT2D eigenvalue weighted by Crippen LogP contribution is -2.08. The molecule has 2 rings (SSSR count). The summed E-state index contributed by atoms with van der Waals surface area (Å²) in [7, 11) is 0. The van der Waals surface area contributed by atoms with E-state index in [2.05, 4.69) is 5.32 Å². The molecule has 0 spiro atoms. The Morgan fingerprint density at radius 1 is 1.00 bits per heavy atom. The van der Waals surface area contributed by atoms with Gasteiger partial charge >= 0.3 is 0 Å². The van der Waals surface area contributed by atoms with Crippen molar-refractivity contribution in [3.8, 4) is 0 Å². The highest BCUT2D eigenvalue weighted by Crippen LogP contribution is 2.21. The van der Waals surface area contributed by atoms with E-state index in [0.717, 1.165) is 17.7 Å². The molecule has 0 saturated heterocycles. The molecular formula is C14H13F3N2. The van der Waals surface area contributed by atoms with Crippen LogP contribution in [0.1, 0.15) is 5.56 Å². The van der Waals surface area contributed by atoms with Crippen molar-refractivity contribution < 1.29 is 13.2 Å². The van der Waals surface area contributed by atoms with E-state index in [1.54, 1.807) is 12.1 Å². The van der Waals surface area contributed by atoms with Gasteiger partial charge in [-0.25, -0.2) is 13.2 Å². The maximum Gasteiger partial charge on any atom is 0.151 e. The number of benzene rings is 2. The summed E-state index contributed by atoms with van der Waals surface area (Å²) in [5.41, 5.74) is 5.88. The molecule has 0 aliphatic carbocycles. The van der Waals surface area contributed by atoms with Gasteiger partial charge in [0.2, 0.25) is 0 Å². The molecule has 5 heteroatoms. The van der Waals surface area contributed by atoms with Crippen LogP contribution in [-0.4, -0.2) is 6.54 Å². The summed E-state index contributed by atoms with van der Waals surface area (Å²) in [6.07, 6.45) is 0.459. The Morgan fingerprint density at radius 2 is 1.68 bits per heavy atom. The van der Waals surface area contributed by atoms with Gasteiger partial charge in [-0.2, -0.15) is 0 Å². The Morgan fingerprint density at radius 3 is 2.32 bits per heavy atom. The van der Waals surface area contributed by atoms with Crippen molar-refractivity contribution in [3.05, 3.63) is 59.4 Å². The van der Waals surface area contributed by atoms with Crippen molar-refractivity contribution in [2.45, 2.75) is 6.42 Å². The van der Waals surface area contributed by atoms with E-state index in [9.17, 15) is 13.2 Å². The molecule has 0 fully saturated rings. The highest BCUT2D eigenvalue weighted by Gasteiger charge is 2.09. The van der Waals surface area contributed by atoms with E-state index in [1.807, 2.05) is 0 Å². The third kappa shape index (κ3) is 3.40. The maximum atomic E-state index is 13.5. The van der Waals surface area contributed by atoms with E-state index < -0.39 is 11.6 Å². The molecule has 0 aromatic heterocycles. The normalized spacial score (nSPS) is 10.5. The molecule has 19 heavy (non-hydrogen) atoms. The Bertz CT molecular complexity index is 562. The molecule has 0 saturated carbocycles. The fourth-order valence-corrected chi connectivity index (χ4v) is 1.79. The molecule has 2 aromatic rings. The number of nitrogens with one attached hydrogen (secondary N) is 1. The molecule has 100 valence electrons. The minimum absolute atomic E-state index is 0.0330.